The highest BCUT2D eigenvalue weighted by molar-refractivity contribution is 8.02. The van der Waals surface area contributed by atoms with E-state index in [4.69, 9.17) is 0 Å². The minimum atomic E-state index is -4.37. The Balaban J connectivity index is 2.38. The molecule has 2 nitrogen and oxygen atoms in total. The summed E-state index contributed by atoms with van der Waals surface area (Å²) in [6.45, 7) is 0. The molecule has 7 heteroatoms. The summed E-state index contributed by atoms with van der Waals surface area (Å²) in [5.41, 5.74) is -1.92. The first-order valence-electron chi connectivity index (χ1n) is 3.66. The Bertz CT molecular complexity index is 334. The van der Waals surface area contributed by atoms with Crippen LogP contribution in [-0.2, 0) is 9.84 Å². The highest BCUT2D eigenvalue weighted by Gasteiger charge is 2.73. The number of sulfone groups is 1. The summed E-state index contributed by atoms with van der Waals surface area (Å²) >= 11 is 1.08. The average molecular weight is 232 g/mol. The summed E-state index contributed by atoms with van der Waals surface area (Å²) in [7, 11) is -3.44. The van der Waals surface area contributed by atoms with Crippen molar-refractivity contribution in [1.82, 2.24) is 0 Å². The van der Waals surface area contributed by atoms with E-state index in [2.05, 4.69) is 0 Å². The van der Waals surface area contributed by atoms with Crippen LogP contribution in [0.15, 0.2) is 0 Å². The van der Waals surface area contributed by atoms with Gasteiger partial charge in [-0.3, -0.25) is 0 Å². The number of fused-ring (bicyclic) bond motifs is 1. The van der Waals surface area contributed by atoms with Crippen LogP contribution in [0.3, 0.4) is 0 Å². The Kier molecular flexibility index (Phi) is 1.75. The zero-order chi connectivity index (χ0) is 9.91. The first kappa shape index (κ1) is 9.64. The van der Waals surface area contributed by atoms with Crippen molar-refractivity contribution in [3.05, 3.63) is 0 Å². The first-order chi connectivity index (χ1) is 5.80. The van der Waals surface area contributed by atoms with E-state index in [1.807, 2.05) is 0 Å². The van der Waals surface area contributed by atoms with Crippen LogP contribution in [0.25, 0.3) is 0 Å². The average Bonchev–Trinajstić information content (AvgIpc) is 2.26. The molecule has 0 saturated carbocycles. The summed E-state index contributed by atoms with van der Waals surface area (Å²) in [5, 5.41) is -1.18. The fraction of sp³-hybridized carbons (Fsp3) is 1.00. The molecule has 2 saturated heterocycles. The maximum absolute atomic E-state index is 12.5. The van der Waals surface area contributed by atoms with Crippen LogP contribution in [0.1, 0.15) is 0 Å². The maximum Gasteiger partial charge on any atom is 0.397 e. The molecule has 2 heterocycles. The molecule has 0 radical (unpaired) electrons. The Morgan fingerprint density at radius 3 is 2.38 bits per heavy atom. The quantitative estimate of drug-likeness (QED) is 0.626. The molecule has 0 aromatic carbocycles. The van der Waals surface area contributed by atoms with Gasteiger partial charge in [-0.05, 0) is 0 Å². The minimum Gasteiger partial charge on any atom is -0.228 e. The molecular formula is C6H7F3O2S2. The van der Waals surface area contributed by atoms with Crippen molar-refractivity contribution in [3.8, 4) is 0 Å². The summed E-state index contributed by atoms with van der Waals surface area (Å²) in [6, 6.07) is 0. The third kappa shape index (κ3) is 1.06. The fourth-order valence-corrected chi connectivity index (χ4v) is 6.80. The van der Waals surface area contributed by atoms with Gasteiger partial charge >= 0.3 is 6.18 Å². The van der Waals surface area contributed by atoms with Gasteiger partial charge in [0.05, 0.1) is 11.0 Å². The highest BCUT2D eigenvalue weighted by atomic mass is 32.2. The molecule has 0 aromatic heterocycles. The Hall–Kier alpha value is 0.0900. The van der Waals surface area contributed by atoms with E-state index in [0.29, 0.717) is 0 Å². The standard InChI is InChI=1S/C6H7F3O2S2/c7-6(8,9)5-2-12-1-4(5)13(10,11)3-5/h4H,1-3H2/t4-,5+/m0/s1. The molecule has 13 heavy (non-hydrogen) atoms. The van der Waals surface area contributed by atoms with Gasteiger partial charge in [-0.2, -0.15) is 24.9 Å². The zero-order valence-corrected chi connectivity index (χ0v) is 8.10. The molecule has 0 amide bonds. The van der Waals surface area contributed by atoms with E-state index in [1.54, 1.807) is 0 Å². The van der Waals surface area contributed by atoms with E-state index < -0.39 is 32.4 Å². The molecular weight excluding hydrogens is 225 g/mol. The van der Waals surface area contributed by atoms with Crippen molar-refractivity contribution in [2.75, 3.05) is 17.3 Å². The molecule has 0 aliphatic carbocycles. The molecule has 2 fully saturated rings. The van der Waals surface area contributed by atoms with Gasteiger partial charge < -0.3 is 0 Å². The van der Waals surface area contributed by atoms with Crippen LogP contribution in [0.5, 0.6) is 0 Å². The van der Waals surface area contributed by atoms with E-state index in [9.17, 15) is 21.6 Å². The van der Waals surface area contributed by atoms with Crippen molar-refractivity contribution < 1.29 is 21.6 Å². The third-order valence-corrected chi connectivity index (χ3v) is 6.60. The van der Waals surface area contributed by atoms with E-state index in [-0.39, 0.29) is 11.5 Å². The van der Waals surface area contributed by atoms with Gasteiger partial charge in [0, 0.05) is 11.5 Å². The smallest absolute Gasteiger partial charge is 0.228 e. The van der Waals surface area contributed by atoms with E-state index in [1.165, 1.54) is 0 Å². The zero-order valence-electron chi connectivity index (χ0n) is 6.47. The second-order valence-electron chi connectivity index (χ2n) is 3.46. The normalized spacial score (nSPS) is 42.5. The summed E-state index contributed by atoms with van der Waals surface area (Å²) < 4.78 is 59.6. The Morgan fingerprint density at radius 2 is 2.00 bits per heavy atom. The van der Waals surface area contributed by atoms with Crippen LogP contribution < -0.4 is 0 Å². The molecule has 76 valence electrons. The molecule has 2 aliphatic rings. The number of thioether (sulfide) groups is 1. The molecule has 0 unspecified atom stereocenters. The lowest BCUT2D eigenvalue weighted by Gasteiger charge is -2.44. The van der Waals surface area contributed by atoms with Gasteiger partial charge in [-0.15, -0.1) is 0 Å². The largest absolute Gasteiger partial charge is 0.397 e. The Morgan fingerprint density at radius 1 is 1.38 bits per heavy atom. The van der Waals surface area contributed by atoms with E-state index >= 15 is 0 Å². The molecule has 0 bridgehead atoms. The van der Waals surface area contributed by atoms with Crippen molar-refractivity contribution in [3.63, 3.8) is 0 Å². The van der Waals surface area contributed by atoms with Crippen molar-refractivity contribution in [2.24, 2.45) is 5.41 Å². The molecule has 0 aromatic rings. The van der Waals surface area contributed by atoms with Gasteiger partial charge in [-0.1, -0.05) is 0 Å². The van der Waals surface area contributed by atoms with Gasteiger partial charge in [0.25, 0.3) is 0 Å². The molecule has 2 atom stereocenters. The van der Waals surface area contributed by atoms with Crippen molar-refractivity contribution >= 4 is 21.6 Å². The topological polar surface area (TPSA) is 34.1 Å². The number of halogens is 3. The third-order valence-electron chi connectivity index (χ3n) is 2.70. The van der Waals surface area contributed by atoms with Gasteiger partial charge in [0.2, 0.25) is 0 Å². The lowest BCUT2D eigenvalue weighted by molar-refractivity contribution is -0.210. The van der Waals surface area contributed by atoms with Crippen LogP contribution in [0.4, 0.5) is 13.2 Å². The maximum atomic E-state index is 12.5. The first-order valence-corrected chi connectivity index (χ1v) is 6.53. The minimum absolute atomic E-state index is 0.0968. The van der Waals surface area contributed by atoms with Crippen LogP contribution in [0.2, 0.25) is 0 Å². The summed E-state index contributed by atoms with van der Waals surface area (Å²) in [6.07, 6.45) is -4.37. The number of hydrogen-bond acceptors (Lipinski definition) is 3. The number of alkyl halides is 3. The molecule has 2 rings (SSSR count). The van der Waals surface area contributed by atoms with Crippen LogP contribution in [-0.4, -0.2) is 37.1 Å². The van der Waals surface area contributed by atoms with Crippen molar-refractivity contribution in [2.45, 2.75) is 11.4 Å². The lowest BCUT2D eigenvalue weighted by Crippen LogP contribution is -2.64. The molecule has 0 spiro atoms. The number of rotatable bonds is 0. The summed E-state index contributed by atoms with van der Waals surface area (Å²) in [4.78, 5) is 0. The SMILES string of the molecule is O=S1(=O)C[C@]2(C(F)(F)F)CSC[C@@H]21. The fourth-order valence-electron chi connectivity index (χ4n) is 1.89. The predicted molar refractivity (Wildman–Crippen MR) is 43.4 cm³/mol. The summed E-state index contributed by atoms with van der Waals surface area (Å²) in [5.74, 6) is -0.705. The Labute approximate surface area is 77.8 Å². The van der Waals surface area contributed by atoms with Crippen molar-refractivity contribution in [1.29, 1.82) is 0 Å². The highest BCUT2D eigenvalue weighted by Crippen LogP contribution is 2.58. The van der Waals surface area contributed by atoms with Crippen LogP contribution >= 0.6 is 11.8 Å². The monoisotopic (exact) mass is 232 g/mol. The van der Waals surface area contributed by atoms with Gasteiger partial charge in [-0.25, -0.2) is 8.42 Å². The van der Waals surface area contributed by atoms with Gasteiger partial charge in [0.1, 0.15) is 5.41 Å². The second-order valence-corrected chi connectivity index (χ2v) is 6.68. The van der Waals surface area contributed by atoms with Crippen LogP contribution in [0, 0.1) is 5.41 Å². The second kappa shape index (κ2) is 2.36. The van der Waals surface area contributed by atoms with Gasteiger partial charge in [0.15, 0.2) is 9.84 Å². The predicted octanol–water partition coefficient (Wildman–Crippen LogP) is 1.08. The lowest BCUT2D eigenvalue weighted by atomic mass is 9.87. The van der Waals surface area contributed by atoms with E-state index in [0.717, 1.165) is 11.8 Å². The molecule has 2 aliphatic heterocycles. The molecule has 0 N–H and O–H groups in total. The number of hydrogen-bond donors (Lipinski definition) is 0.